The Balaban J connectivity index is 2.70. The SMILES string of the molecule is CCNC(C)c1cccc(NC(=O)N(C)C(C)CSC)c1. The third-order valence-corrected chi connectivity index (χ3v) is 4.35. The molecular weight excluding hydrogens is 282 g/mol. The van der Waals surface area contributed by atoms with Crippen LogP contribution in [0.15, 0.2) is 24.3 Å². The predicted molar refractivity (Wildman–Crippen MR) is 93.2 cm³/mol. The summed E-state index contributed by atoms with van der Waals surface area (Å²) >= 11 is 1.74. The molecule has 2 unspecified atom stereocenters. The van der Waals surface area contributed by atoms with Crippen molar-refractivity contribution in [1.29, 1.82) is 0 Å². The second-order valence-electron chi connectivity index (χ2n) is 5.25. The van der Waals surface area contributed by atoms with Crippen molar-refractivity contribution in [3.63, 3.8) is 0 Å². The molecule has 2 N–H and O–H groups in total. The lowest BCUT2D eigenvalue weighted by molar-refractivity contribution is 0.212. The molecule has 2 amide bonds. The molecule has 2 atom stereocenters. The Morgan fingerprint density at radius 2 is 2.10 bits per heavy atom. The summed E-state index contributed by atoms with van der Waals surface area (Å²) in [6, 6.07) is 8.42. The van der Waals surface area contributed by atoms with Gasteiger partial charge in [-0.05, 0) is 44.3 Å². The summed E-state index contributed by atoms with van der Waals surface area (Å²) < 4.78 is 0. The average Bonchev–Trinajstić information content (AvgIpc) is 2.47. The molecule has 4 nitrogen and oxygen atoms in total. The fourth-order valence-electron chi connectivity index (χ4n) is 2.07. The van der Waals surface area contributed by atoms with E-state index in [2.05, 4.69) is 37.5 Å². The fourth-order valence-corrected chi connectivity index (χ4v) is 2.78. The van der Waals surface area contributed by atoms with Crippen molar-refractivity contribution in [3.8, 4) is 0 Å². The molecule has 0 aliphatic heterocycles. The van der Waals surface area contributed by atoms with E-state index in [1.807, 2.05) is 31.5 Å². The minimum absolute atomic E-state index is 0.0650. The minimum atomic E-state index is -0.0650. The monoisotopic (exact) mass is 309 g/mol. The second kappa shape index (κ2) is 8.95. The number of benzene rings is 1. The molecule has 5 heteroatoms. The standard InChI is InChI=1S/C16H27N3OS/c1-6-17-13(3)14-8-7-9-15(10-14)18-16(20)19(4)12(2)11-21-5/h7-10,12-13,17H,6,11H2,1-5H3,(H,18,20). The summed E-state index contributed by atoms with van der Waals surface area (Å²) in [6.07, 6.45) is 2.05. The summed E-state index contributed by atoms with van der Waals surface area (Å²) in [5.74, 6) is 0.932. The van der Waals surface area contributed by atoms with Crippen LogP contribution >= 0.6 is 11.8 Å². The number of amides is 2. The fraction of sp³-hybridized carbons (Fsp3) is 0.562. The molecule has 1 aromatic carbocycles. The topological polar surface area (TPSA) is 44.4 Å². The molecule has 0 aliphatic carbocycles. The molecule has 0 radical (unpaired) electrons. The van der Waals surface area contributed by atoms with Crippen LogP contribution < -0.4 is 10.6 Å². The lowest BCUT2D eigenvalue weighted by Gasteiger charge is -2.25. The Morgan fingerprint density at radius 3 is 2.71 bits per heavy atom. The van der Waals surface area contributed by atoms with Gasteiger partial charge in [0.05, 0.1) is 0 Å². The van der Waals surface area contributed by atoms with E-state index in [9.17, 15) is 4.79 Å². The maximum atomic E-state index is 12.2. The van der Waals surface area contributed by atoms with Crippen molar-refractivity contribution in [3.05, 3.63) is 29.8 Å². The largest absolute Gasteiger partial charge is 0.324 e. The van der Waals surface area contributed by atoms with E-state index < -0.39 is 0 Å². The molecule has 0 aliphatic rings. The van der Waals surface area contributed by atoms with Crippen molar-refractivity contribution in [2.24, 2.45) is 0 Å². The summed E-state index contributed by atoms with van der Waals surface area (Å²) in [6.45, 7) is 7.19. The molecule has 0 saturated heterocycles. The smallest absolute Gasteiger partial charge is 0.321 e. The van der Waals surface area contributed by atoms with Gasteiger partial charge < -0.3 is 15.5 Å². The van der Waals surface area contributed by atoms with E-state index in [1.54, 1.807) is 16.7 Å². The molecule has 0 saturated carbocycles. The zero-order valence-electron chi connectivity index (χ0n) is 13.6. The number of carbonyl (C=O) groups excluding carboxylic acids is 1. The van der Waals surface area contributed by atoms with Gasteiger partial charge in [-0.2, -0.15) is 11.8 Å². The summed E-state index contributed by atoms with van der Waals surface area (Å²) in [4.78, 5) is 14.0. The number of rotatable bonds is 7. The van der Waals surface area contributed by atoms with E-state index in [0.717, 1.165) is 18.0 Å². The van der Waals surface area contributed by atoms with Gasteiger partial charge >= 0.3 is 6.03 Å². The predicted octanol–water partition coefficient (Wildman–Crippen LogP) is 3.57. The van der Waals surface area contributed by atoms with E-state index in [1.165, 1.54) is 5.56 Å². The normalized spacial score (nSPS) is 13.6. The van der Waals surface area contributed by atoms with Gasteiger partial charge in [-0.3, -0.25) is 0 Å². The van der Waals surface area contributed by atoms with Crippen LogP contribution in [0, 0.1) is 0 Å². The molecule has 0 spiro atoms. The van der Waals surface area contributed by atoms with Crippen LogP contribution in [-0.2, 0) is 0 Å². The first kappa shape index (κ1) is 17.9. The average molecular weight is 309 g/mol. The molecule has 0 heterocycles. The number of hydrogen-bond donors (Lipinski definition) is 2. The number of carbonyl (C=O) groups is 1. The van der Waals surface area contributed by atoms with Crippen LogP contribution in [0.4, 0.5) is 10.5 Å². The zero-order chi connectivity index (χ0) is 15.8. The molecule has 118 valence electrons. The van der Waals surface area contributed by atoms with E-state index >= 15 is 0 Å². The molecule has 1 aromatic rings. The maximum Gasteiger partial charge on any atom is 0.321 e. The van der Waals surface area contributed by atoms with Crippen molar-refractivity contribution < 1.29 is 4.79 Å². The van der Waals surface area contributed by atoms with Gasteiger partial charge in [0.2, 0.25) is 0 Å². The number of hydrogen-bond acceptors (Lipinski definition) is 3. The summed E-state index contributed by atoms with van der Waals surface area (Å²) in [7, 11) is 1.83. The van der Waals surface area contributed by atoms with Gasteiger partial charge in [0.15, 0.2) is 0 Å². The van der Waals surface area contributed by atoms with Crippen LogP contribution in [0.3, 0.4) is 0 Å². The lowest BCUT2D eigenvalue weighted by atomic mass is 10.1. The van der Waals surface area contributed by atoms with Gasteiger partial charge in [0, 0.05) is 30.6 Å². The number of nitrogens with one attached hydrogen (secondary N) is 2. The van der Waals surface area contributed by atoms with Gasteiger partial charge in [-0.15, -0.1) is 0 Å². The van der Waals surface area contributed by atoms with Crippen molar-refractivity contribution in [2.45, 2.75) is 32.9 Å². The van der Waals surface area contributed by atoms with Crippen molar-refractivity contribution in [2.75, 3.05) is 30.9 Å². The summed E-state index contributed by atoms with van der Waals surface area (Å²) in [5, 5.41) is 6.34. The Kier molecular flexibility index (Phi) is 7.61. The Labute approximate surface area is 132 Å². The Hall–Kier alpha value is -1.20. The molecule has 1 rings (SSSR count). The summed E-state index contributed by atoms with van der Waals surface area (Å²) in [5.41, 5.74) is 2.01. The third kappa shape index (κ3) is 5.59. The van der Waals surface area contributed by atoms with Crippen molar-refractivity contribution in [1.82, 2.24) is 10.2 Å². The molecule has 0 bridgehead atoms. The van der Waals surface area contributed by atoms with E-state index in [0.29, 0.717) is 0 Å². The highest BCUT2D eigenvalue weighted by atomic mass is 32.2. The minimum Gasteiger partial charge on any atom is -0.324 e. The van der Waals surface area contributed by atoms with Crippen LogP contribution in [0.5, 0.6) is 0 Å². The lowest BCUT2D eigenvalue weighted by Crippen LogP contribution is -2.39. The highest BCUT2D eigenvalue weighted by Crippen LogP contribution is 2.18. The number of urea groups is 1. The van der Waals surface area contributed by atoms with Crippen molar-refractivity contribution >= 4 is 23.5 Å². The van der Waals surface area contributed by atoms with Gasteiger partial charge in [0.25, 0.3) is 0 Å². The van der Waals surface area contributed by atoms with Gasteiger partial charge in [-0.1, -0.05) is 19.1 Å². The first-order chi connectivity index (χ1) is 9.99. The maximum absolute atomic E-state index is 12.2. The number of thioether (sulfide) groups is 1. The van der Waals surface area contributed by atoms with Crippen LogP contribution in [0.2, 0.25) is 0 Å². The van der Waals surface area contributed by atoms with Gasteiger partial charge in [0.1, 0.15) is 0 Å². The second-order valence-corrected chi connectivity index (χ2v) is 6.16. The molecule has 21 heavy (non-hydrogen) atoms. The highest BCUT2D eigenvalue weighted by molar-refractivity contribution is 7.98. The Bertz CT molecular complexity index is 453. The molecule has 0 aromatic heterocycles. The molecular formula is C16H27N3OS. The van der Waals surface area contributed by atoms with E-state index in [4.69, 9.17) is 0 Å². The van der Waals surface area contributed by atoms with Crippen LogP contribution in [0.1, 0.15) is 32.4 Å². The third-order valence-electron chi connectivity index (χ3n) is 3.54. The number of anilines is 1. The molecule has 0 fully saturated rings. The van der Waals surface area contributed by atoms with E-state index in [-0.39, 0.29) is 18.1 Å². The first-order valence-electron chi connectivity index (χ1n) is 7.35. The first-order valence-corrected chi connectivity index (χ1v) is 8.75. The van der Waals surface area contributed by atoms with Gasteiger partial charge in [-0.25, -0.2) is 4.79 Å². The quantitative estimate of drug-likeness (QED) is 0.809. The van der Waals surface area contributed by atoms with Crippen LogP contribution in [-0.4, -0.2) is 42.6 Å². The highest BCUT2D eigenvalue weighted by Gasteiger charge is 2.15. The number of nitrogens with zero attached hydrogens (tertiary/aromatic N) is 1. The zero-order valence-corrected chi connectivity index (χ0v) is 14.5. The van der Waals surface area contributed by atoms with Crippen LogP contribution in [0.25, 0.3) is 0 Å². The Morgan fingerprint density at radius 1 is 1.38 bits per heavy atom.